The van der Waals surface area contributed by atoms with Crippen LogP contribution in [0.1, 0.15) is 46.0 Å². The van der Waals surface area contributed by atoms with Crippen LogP contribution in [0, 0.1) is 5.41 Å². The molecule has 1 aliphatic rings. The van der Waals surface area contributed by atoms with Crippen LogP contribution in [0.4, 0.5) is 0 Å². The zero-order valence-electron chi connectivity index (χ0n) is 13.8. The van der Waals surface area contributed by atoms with Crippen LogP contribution >= 0.6 is 24.0 Å². The number of hydrogen-bond donors (Lipinski definition) is 2. The Morgan fingerprint density at radius 1 is 1.32 bits per heavy atom. The highest BCUT2D eigenvalue weighted by Gasteiger charge is 2.28. The molecule has 1 aromatic heterocycles. The summed E-state index contributed by atoms with van der Waals surface area (Å²) in [6, 6.07) is 1.96. The molecular formula is C16H30IN5. The summed E-state index contributed by atoms with van der Waals surface area (Å²) in [5.41, 5.74) is 0.414. The molecule has 0 spiro atoms. The lowest BCUT2D eigenvalue weighted by Gasteiger charge is -2.21. The van der Waals surface area contributed by atoms with E-state index in [4.69, 9.17) is 4.99 Å². The minimum atomic E-state index is 0. The highest BCUT2D eigenvalue weighted by Crippen LogP contribution is 2.37. The van der Waals surface area contributed by atoms with E-state index < -0.39 is 0 Å². The van der Waals surface area contributed by atoms with E-state index in [-0.39, 0.29) is 24.0 Å². The second-order valence-corrected chi connectivity index (χ2v) is 6.26. The van der Waals surface area contributed by atoms with E-state index in [0.717, 1.165) is 38.6 Å². The lowest BCUT2D eigenvalue weighted by molar-refractivity contribution is 0.350. The Balaban J connectivity index is 0.00000242. The SMILES string of the molecule is CCNC(=NCC1(C)CCCC1)NCCCn1cccn1.I. The van der Waals surface area contributed by atoms with E-state index in [1.807, 2.05) is 23.1 Å². The summed E-state index contributed by atoms with van der Waals surface area (Å²) in [5.74, 6) is 0.950. The summed E-state index contributed by atoms with van der Waals surface area (Å²) < 4.78 is 1.96. The number of halogens is 1. The quantitative estimate of drug-likeness (QED) is 0.309. The molecular weight excluding hydrogens is 389 g/mol. The Hall–Kier alpha value is -0.790. The smallest absolute Gasteiger partial charge is 0.191 e. The first kappa shape index (κ1) is 19.3. The number of aromatic nitrogens is 2. The average Bonchev–Trinajstić information content (AvgIpc) is 3.13. The maximum atomic E-state index is 4.77. The molecule has 0 saturated heterocycles. The summed E-state index contributed by atoms with van der Waals surface area (Å²) in [6.07, 6.45) is 10.2. The van der Waals surface area contributed by atoms with Gasteiger partial charge in [0.1, 0.15) is 0 Å². The molecule has 0 radical (unpaired) electrons. The second kappa shape index (κ2) is 10.1. The maximum Gasteiger partial charge on any atom is 0.191 e. The molecule has 2 rings (SSSR count). The van der Waals surface area contributed by atoms with Crippen molar-refractivity contribution in [3.05, 3.63) is 18.5 Å². The lowest BCUT2D eigenvalue weighted by Crippen LogP contribution is -2.38. The van der Waals surface area contributed by atoms with E-state index >= 15 is 0 Å². The first-order valence-electron chi connectivity index (χ1n) is 8.21. The van der Waals surface area contributed by atoms with Gasteiger partial charge in [0.15, 0.2) is 5.96 Å². The fourth-order valence-corrected chi connectivity index (χ4v) is 2.88. The molecule has 1 aromatic rings. The van der Waals surface area contributed by atoms with Crippen LogP contribution in [-0.2, 0) is 6.54 Å². The monoisotopic (exact) mass is 419 g/mol. The van der Waals surface area contributed by atoms with Gasteiger partial charge in [0.05, 0.1) is 0 Å². The van der Waals surface area contributed by atoms with Crippen molar-refractivity contribution in [1.82, 2.24) is 20.4 Å². The molecule has 1 aliphatic carbocycles. The molecule has 0 aromatic carbocycles. The van der Waals surface area contributed by atoms with Crippen LogP contribution in [0.2, 0.25) is 0 Å². The number of rotatable bonds is 7. The van der Waals surface area contributed by atoms with E-state index in [2.05, 4.69) is 29.6 Å². The topological polar surface area (TPSA) is 54.2 Å². The van der Waals surface area contributed by atoms with Gasteiger partial charge in [0, 0.05) is 38.6 Å². The van der Waals surface area contributed by atoms with Gasteiger partial charge in [-0.3, -0.25) is 9.67 Å². The summed E-state index contributed by atoms with van der Waals surface area (Å²) >= 11 is 0. The highest BCUT2D eigenvalue weighted by atomic mass is 127. The van der Waals surface area contributed by atoms with Gasteiger partial charge in [-0.2, -0.15) is 5.10 Å². The maximum absolute atomic E-state index is 4.77. The van der Waals surface area contributed by atoms with Crippen molar-refractivity contribution in [3.63, 3.8) is 0 Å². The number of guanidine groups is 1. The molecule has 0 bridgehead atoms. The number of nitrogens with one attached hydrogen (secondary N) is 2. The standard InChI is InChI=1S/C16H29N5.HI/c1-3-17-15(19-14-16(2)8-4-5-9-16)18-10-6-12-21-13-7-11-20-21;/h7,11,13H,3-6,8-10,12,14H2,1-2H3,(H2,17,18,19);1H. The minimum absolute atomic E-state index is 0. The van der Waals surface area contributed by atoms with Crippen LogP contribution in [0.3, 0.4) is 0 Å². The van der Waals surface area contributed by atoms with Crippen molar-refractivity contribution in [2.75, 3.05) is 19.6 Å². The van der Waals surface area contributed by atoms with Gasteiger partial charge in [-0.15, -0.1) is 24.0 Å². The van der Waals surface area contributed by atoms with Crippen LogP contribution in [0.25, 0.3) is 0 Å². The molecule has 0 unspecified atom stereocenters. The van der Waals surface area contributed by atoms with Crippen molar-refractivity contribution < 1.29 is 0 Å². The lowest BCUT2D eigenvalue weighted by atomic mass is 9.89. The molecule has 0 atom stereocenters. The molecule has 0 amide bonds. The van der Waals surface area contributed by atoms with Crippen LogP contribution in [-0.4, -0.2) is 35.4 Å². The molecule has 0 aliphatic heterocycles. The van der Waals surface area contributed by atoms with E-state index in [9.17, 15) is 0 Å². The summed E-state index contributed by atoms with van der Waals surface area (Å²) in [6.45, 7) is 8.17. The molecule has 1 saturated carbocycles. The summed E-state index contributed by atoms with van der Waals surface area (Å²) in [7, 11) is 0. The van der Waals surface area contributed by atoms with Crippen molar-refractivity contribution >= 4 is 29.9 Å². The molecule has 126 valence electrons. The van der Waals surface area contributed by atoms with Crippen molar-refractivity contribution in [2.24, 2.45) is 10.4 Å². The Labute approximate surface area is 151 Å². The van der Waals surface area contributed by atoms with Crippen molar-refractivity contribution in [2.45, 2.75) is 52.5 Å². The predicted molar refractivity (Wildman–Crippen MR) is 103 cm³/mol. The Morgan fingerprint density at radius 3 is 2.73 bits per heavy atom. The molecule has 1 heterocycles. The first-order chi connectivity index (χ1) is 10.2. The molecule has 5 nitrogen and oxygen atoms in total. The number of aryl methyl sites for hydroxylation is 1. The largest absolute Gasteiger partial charge is 0.357 e. The highest BCUT2D eigenvalue weighted by molar-refractivity contribution is 14.0. The third kappa shape index (κ3) is 6.54. The number of nitrogens with zero attached hydrogens (tertiary/aromatic N) is 3. The summed E-state index contributed by atoms with van der Waals surface area (Å²) in [4.78, 5) is 4.77. The molecule has 22 heavy (non-hydrogen) atoms. The van der Waals surface area contributed by atoms with Gasteiger partial charge < -0.3 is 10.6 Å². The van der Waals surface area contributed by atoms with Crippen LogP contribution in [0.5, 0.6) is 0 Å². The zero-order chi connectivity index (χ0) is 15.0. The number of aliphatic imine (C=N–C) groups is 1. The fourth-order valence-electron chi connectivity index (χ4n) is 2.88. The number of hydrogen-bond acceptors (Lipinski definition) is 2. The van der Waals surface area contributed by atoms with Crippen LogP contribution in [0.15, 0.2) is 23.5 Å². The Kier molecular flexibility index (Phi) is 8.82. The van der Waals surface area contributed by atoms with Gasteiger partial charge in [-0.1, -0.05) is 19.8 Å². The Morgan fingerprint density at radius 2 is 2.09 bits per heavy atom. The van der Waals surface area contributed by atoms with Gasteiger partial charge in [0.25, 0.3) is 0 Å². The first-order valence-corrected chi connectivity index (χ1v) is 8.21. The predicted octanol–water partition coefficient (Wildman–Crippen LogP) is 3.03. The van der Waals surface area contributed by atoms with E-state index in [0.29, 0.717) is 5.41 Å². The summed E-state index contributed by atoms with van der Waals surface area (Å²) in [5, 5.41) is 11.0. The van der Waals surface area contributed by atoms with E-state index in [1.54, 1.807) is 0 Å². The van der Waals surface area contributed by atoms with Crippen LogP contribution < -0.4 is 10.6 Å². The average molecular weight is 419 g/mol. The third-order valence-corrected chi connectivity index (χ3v) is 4.19. The second-order valence-electron chi connectivity index (χ2n) is 6.26. The van der Waals surface area contributed by atoms with Crippen molar-refractivity contribution in [1.29, 1.82) is 0 Å². The zero-order valence-corrected chi connectivity index (χ0v) is 16.2. The Bertz CT molecular complexity index is 424. The molecule has 1 fully saturated rings. The molecule has 2 N–H and O–H groups in total. The van der Waals surface area contributed by atoms with Gasteiger partial charge in [-0.05, 0) is 37.7 Å². The van der Waals surface area contributed by atoms with Gasteiger partial charge in [0.2, 0.25) is 0 Å². The normalized spacial score (nSPS) is 17.1. The van der Waals surface area contributed by atoms with Gasteiger partial charge >= 0.3 is 0 Å². The van der Waals surface area contributed by atoms with Crippen molar-refractivity contribution in [3.8, 4) is 0 Å². The minimum Gasteiger partial charge on any atom is -0.357 e. The van der Waals surface area contributed by atoms with Gasteiger partial charge in [-0.25, -0.2) is 0 Å². The van der Waals surface area contributed by atoms with E-state index in [1.165, 1.54) is 25.7 Å². The third-order valence-electron chi connectivity index (χ3n) is 4.19. The fraction of sp³-hybridized carbons (Fsp3) is 0.750. The molecule has 6 heteroatoms.